The summed E-state index contributed by atoms with van der Waals surface area (Å²) < 4.78 is 7.24. The van der Waals surface area contributed by atoms with Gasteiger partial charge in [-0.2, -0.15) is 0 Å². The molecule has 0 aliphatic carbocycles. The van der Waals surface area contributed by atoms with Gasteiger partial charge in [0.2, 0.25) is 5.91 Å². The number of hydrogen-bond donors (Lipinski definition) is 2. The molecule has 1 amide bonds. The fraction of sp³-hybridized carbons (Fsp3) is 0.381. The van der Waals surface area contributed by atoms with Crippen LogP contribution in [0, 0.1) is 5.92 Å². The Bertz CT molecular complexity index is 1000. The summed E-state index contributed by atoms with van der Waals surface area (Å²) in [5.41, 5.74) is 7.87. The lowest BCUT2D eigenvalue weighted by Crippen LogP contribution is -2.46. The van der Waals surface area contributed by atoms with Gasteiger partial charge in [-0.25, -0.2) is 19.7 Å². The maximum absolute atomic E-state index is 12.5. The molecule has 9 heteroatoms. The first-order valence-electron chi connectivity index (χ1n) is 9.87. The number of rotatable bonds is 9. The van der Waals surface area contributed by atoms with E-state index in [1.807, 2.05) is 48.7 Å². The summed E-state index contributed by atoms with van der Waals surface area (Å²) in [5, 5.41) is 2.79. The molecule has 0 aliphatic heterocycles. The molecular formula is C21H26N6O3. The molecule has 0 saturated carbocycles. The zero-order chi connectivity index (χ0) is 21.5. The van der Waals surface area contributed by atoms with Crippen molar-refractivity contribution >= 4 is 28.9 Å². The first-order valence-corrected chi connectivity index (χ1v) is 9.87. The molecule has 0 unspecified atom stereocenters. The number of fused-ring (bicyclic) bond motifs is 1. The molecule has 9 nitrogen and oxygen atoms in total. The van der Waals surface area contributed by atoms with Crippen molar-refractivity contribution in [3.05, 3.63) is 48.5 Å². The van der Waals surface area contributed by atoms with Gasteiger partial charge in [-0.05, 0) is 17.9 Å². The fourth-order valence-corrected chi connectivity index (χ4v) is 3.06. The van der Waals surface area contributed by atoms with Crippen LogP contribution in [0.1, 0.15) is 25.8 Å². The molecule has 0 fully saturated rings. The maximum Gasteiger partial charge on any atom is 0.328 e. The van der Waals surface area contributed by atoms with Crippen LogP contribution in [0.3, 0.4) is 0 Å². The minimum atomic E-state index is -0.692. The first kappa shape index (κ1) is 21.2. The number of carbonyl (C=O) groups excluding carboxylic acids is 2. The van der Waals surface area contributed by atoms with E-state index < -0.39 is 12.0 Å². The highest BCUT2D eigenvalue weighted by atomic mass is 16.5. The Kier molecular flexibility index (Phi) is 6.95. The summed E-state index contributed by atoms with van der Waals surface area (Å²) >= 11 is 0. The summed E-state index contributed by atoms with van der Waals surface area (Å²) in [7, 11) is 0. The Morgan fingerprint density at radius 3 is 2.67 bits per heavy atom. The van der Waals surface area contributed by atoms with Gasteiger partial charge >= 0.3 is 5.97 Å². The topological polar surface area (TPSA) is 125 Å². The second kappa shape index (κ2) is 9.82. The predicted molar refractivity (Wildman–Crippen MR) is 112 cm³/mol. The van der Waals surface area contributed by atoms with Crippen LogP contribution >= 0.6 is 0 Å². The van der Waals surface area contributed by atoms with E-state index >= 15 is 0 Å². The third-order valence-corrected chi connectivity index (χ3v) is 4.66. The molecule has 0 saturated heterocycles. The van der Waals surface area contributed by atoms with Gasteiger partial charge in [0, 0.05) is 6.54 Å². The largest absolute Gasteiger partial charge is 0.464 e. The van der Waals surface area contributed by atoms with Crippen molar-refractivity contribution in [1.29, 1.82) is 0 Å². The third kappa shape index (κ3) is 5.31. The van der Waals surface area contributed by atoms with Gasteiger partial charge in [0.1, 0.15) is 17.9 Å². The van der Waals surface area contributed by atoms with E-state index in [4.69, 9.17) is 10.5 Å². The standard InChI is InChI=1S/C21H26N6O3/c1-14(2)17(26-16(28)11-15-7-4-3-5-8-15)21(29)30-10-6-9-27-13-25-18-19(22)23-12-24-20(18)27/h3-5,7-8,12-14,17H,6,9-11H2,1-2H3,(H,26,28)(H2,22,23,24)/t17-/m0/s1. The number of carbonyl (C=O) groups is 2. The van der Waals surface area contributed by atoms with Crippen LogP contribution in [0.5, 0.6) is 0 Å². The lowest BCUT2D eigenvalue weighted by Gasteiger charge is -2.21. The van der Waals surface area contributed by atoms with Gasteiger partial charge in [-0.1, -0.05) is 44.2 Å². The van der Waals surface area contributed by atoms with Crippen LogP contribution in [0.15, 0.2) is 43.0 Å². The SMILES string of the molecule is CC(C)[C@H](NC(=O)Cc1ccccc1)C(=O)OCCCn1cnc2c(N)ncnc21. The monoisotopic (exact) mass is 410 g/mol. The highest BCUT2D eigenvalue weighted by molar-refractivity contribution is 5.85. The first-order chi connectivity index (χ1) is 14.5. The van der Waals surface area contributed by atoms with E-state index in [1.165, 1.54) is 6.33 Å². The number of benzene rings is 1. The van der Waals surface area contributed by atoms with Gasteiger partial charge in [0.25, 0.3) is 0 Å². The number of nitrogens with one attached hydrogen (secondary N) is 1. The molecule has 1 atom stereocenters. The Morgan fingerprint density at radius 2 is 1.93 bits per heavy atom. The van der Waals surface area contributed by atoms with Crippen molar-refractivity contribution in [1.82, 2.24) is 24.8 Å². The Hall–Kier alpha value is -3.49. The normalized spacial score (nSPS) is 12.1. The van der Waals surface area contributed by atoms with Gasteiger partial charge < -0.3 is 20.4 Å². The van der Waals surface area contributed by atoms with Gasteiger partial charge in [-0.3, -0.25) is 4.79 Å². The molecule has 158 valence electrons. The smallest absolute Gasteiger partial charge is 0.328 e. The number of nitrogens with zero attached hydrogens (tertiary/aromatic N) is 4. The van der Waals surface area contributed by atoms with E-state index in [0.29, 0.717) is 29.9 Å². The van der Waals surface area contributed by atoms with Crippen molar-refractivity contribution < 1.29 is 14.3 Å². The quantitative estimate of drug-likeness (QED) is 0.406. The van der Waals surface area contributed by atoms with Crippen molar-refractivity contribution in [3.8, 4) is 0 Å². The number of nitrogen functional groups attached to an aromatic ring is 1. The molecule has 0 bridgehead atoms. The number of aryl methyl sites for hydroxylation is 1. The Labute approximate surface area is 174 Å². The van der Waals surface area contributed by atoms with Crippen LogP contribution in [0.2, 0.25) is 0 Å². The number of nitrogens with two attached hydrogens (primary N) is 1. The van der Waals surface area contributed by atoms with Crippen LogP contribution in [0.4, 0.5) is 5.82 Å². The van der Waals surface area contributed by atoms with Crippen LogP contribution in [-0.2, 0) is 27.3 Å². The molecule has 2 heterocycles. The van der Waals surface area contributed by atoms with E-state index in [-0.39, 0.29) is 24.9 Å². The number of hydrogen-bond acceptors (Lipinski definition) is 7. The highest BCUT2D eigenvalue weighted by Gasteiger charge is 2.25. The van der Waals surface area contributed by atoms with Crippen molar-refractivity contribution in [2.45, 2.75) is 39.3 Å². The van der Waals surface area contributed by atoms with Crippen molar-refractivity contribution in [2.75, 3.05) is 12.3 Å². The minimum Gasteiger partial charge on any atom is -0.464 e. The summed E-state index contributed by atoms with van der Waals surface area (Å²) in [6.07, 6.45) is 3.82. The van der Waals surface area contributed by atoms with Gasteiger partial charge in [0.15, 0.2) is 11.5 Å². The zero-order valence-corrected chi connectivity index (χ0v) is 17.1. The number of imidazole rings is 1. The zero-order valence-electron chi connectivity index (χ0n) is 17.1. The third-order valence-electron chi connectivity index (χ3n) is 4.66. The Balaban J connectivity index is 1.49. The number of aromatic nitrogens is 4. The second-order valence-corrected chi connectivity index (χ2v) is 7.34. The fourth-order valence-electron chi connectivity index (χ4n) is 3.06. The predicted octanol–water partition coefficient (Wildman–Crippen LogP) is 1.73. The maximum atomic E-state index is 12.5. The van der Waals surface area contributed by atoms with Gasteiger partial charge in [-0.15, -0.1) is 0 Å². The van der Waals surface area contributed by atoms with Crippen LogP contribution in [0.25, 0.3) is 11.2 Å². The van der Waals surface area contributed by atoms with E-state index in [2.05, 4.69) is 20.3 Å². The lowest BCUT2D eigenvalue weighted by molar-refractivity contribution is -0.149. The molecule has 3 N–H and O–H groups in total. The Morgan fingerprint density at radius 1 is 1.17 bits per heavy atom. The van der Waals surface area contributed by atoms with Crippen molar-refractivity contribution in [3.63, 3.8) is 0 Å². The summed E-state index contributed by atoms with van der Waals surface area (Å²) in [6.45, 7) is 4.52. The summed E-state index contributed by atoms with van der Waals surface area (Å²) in [5.74, 6) is -0.404. The van der Waals surface area contributed by atoms with E-state index in [0.717, 1.165) is 5.56 Å². The molecule has 30 heavy (non-hydrogen) atoms. The molecule has 0 radical (unpaired) electrons. The molecule has 0 spiro atoms. The number of anilines is 1. The van der Waals surface area contributed by atoms with Crippen LogP contribution in [-0.4, -0.2) is 44.0 Å². The second-order valence-electron chi connectivity index (χ2n) is 7.34. The number of amides is 1. The lowest BCUT2D eigenvalue weighted by atomic mass is 10.0. The number of esters is 1. The van der Waals surface area contributed by atoms with Gasteiger partial charge in [0.05, 0.1) is 19.4 Å². The summed E-state index contributed by atoms with van der Waals surface area (Å²) in [6, 6.07) is 8.70. The minimum absolute atomic E-state index is 0.0884. The molecule has 1 aromatic carbocycles. The van der Waals surface area contributed by atoms with Crippen molar-refractivity contribution in [2.24, 2.45) is 5.92 Å². The summed E-state index contributed by atoms with van der Waals surface area (Å²) in [4.78, 5) is 37.1. The van der Waals surface area contributed by atoms with E-state index in [1.54, 1.807) is 6.33 Å². The average Bonchev–Trinajstić information content (AvgIpc) is 3.14. The number of ether oxygens (including phenoxy) is 1. The average molecular weight is 410 g/mol. The molecule has 3 aromatic rings. The highest BCUT2D eigenvalue weighted by Crippen LogP contribution is 2.14. The molecule has 2 aromatic heterocycles. The van der Waals surface area contributed by atoms with E-state index in [9.17, 15) is 9.59 Å². The molecular weight excluding hydrogens is 384 g/mol. The van der Waals surface area contributed by atoms with Crippen LogP contribution < -0.4 is 11.1 Å². The molecule has 0 aliphatic rings. The molecule has 3 rings (SSSR count).